The first-order chi connectivity index (χ1) is 9.29. The van der Waals surface area contributed by atoms with Crippen molar-refractivity contribution in [3.8, 4) is 5.75 Å². The lowest BCUT2D eigenvalue weighted by molar-refractivity contribution is 0.299. The SMILES string of the molecule is CCNCc1ccc(OCc2ccccn2)c(Br)c1. The Hall–Kier alpha value is -1.39. The Bertz CT molecular complexity index is 517. The maximum atomic E-state index is 5.75. The van der Waals surface area contributed by atoms with Crippen molar-refractivity contribution >= 4 is 15.9 Å². The van der Waals surface area contributed by atoms with Gasteiger partial charge in [0, 0.05) is 12.7 Å². The first kappa shape index (κ1) is 14.0. The number of pyridine rings is 1. The zero-order valence-corrected chi connectivity index (χ0v) is 12.5. The monoisotopic (exact) mass is 320 g/mol. The fraction of sp³-hybridized carbons (Fsp3) is 0.267. The number of aromatic nitrogens is 1. The highest BCUT2D eigenvalue weighted by atomic mass is 79.9. The predicted octanol–water partition coefficient (Wildman–Crippen LogP) is 3.53. The summed E-state index contributed by atoms with van der Waals surface area (Å²) >= 11 is 3.54. The Kier molecular flexibility index (Phi) is 5.36. The van der Waals surface area contributed by atoms with E-state index in [9.17, 15) is 0 Å². The summed E-state index contributed by atoms with van der Waals surface area (Å²) < 4.78 is 6.72. The van der Waals surface area contributed by atoms with Crippen molar-refractivity contribution in [1.29, 1.82) is 0 Å². The summed E-state index contributed by atoms with van der Waals surface area (Å²) in [6.07, 6.45) is 1.77. The van der Waals surface area contributed by atoms with Crippen LogP contribution in [0.2, 0.25) is 0 Å². The minimum atomic E-state index is 0.478. The van der Waals surface area contributed by atoms with E-state index in [0.29, 0.717) is 6.61 Å². The average molecular weight is 321 g/mol. The minimum absolute atomic E-state index is 0.478. The number of halogens is 1. The van der Waals surface area contributed by atoms with Gasteiger partial charge in [-0.25, -0.2) is 0 Å². The van der Waals surface area contributed by atoms with E-state index in [4.69, 9.17) is 4.74 Å². The molecule has 1 heterocycles. The van der Waals surface area contributed by atoms with Crippen LogP contribution in [0.1, 0.15) is 18.2 Å². The summed E-state index contributed by atoms with van der Waals surface area (Å²) in [5.74, 6) is 0.839. The zero-order chi connectivity index (χ0) is 13.5. The first-order valence-corrected chi connectivity index (χ1v) is 7.10. The van der Waals surface area contributed by atoms with Crippen LogP contribution in [0, 0.1) is 0 Å². The van der Waals surface area contributed by atoms with Gasteiger partial charge in [0.25, 0.3) is 0 Å². The van der Waals surface area contributed by atoms with Gasteiger partial charge in [-0.15, -0.1) is 0 Å². The Morgan fingerprint density at radius 1 is 1.26 bits per heavy atom. The molecular weight excluding hydrogens is 304 g/mol. The number of ether oxygens (including phenoxy) is 1. The summed E-state index contributed by atoms with van der Waals surface area (Å²) in [5, 5.41) is 3.30. The zero-order valence-electron chi connectivity index (χ0n) is 10.9. The molecule has 0 aliphatic carbocycles. The quantitative estimate of drug-likeness (QED) is 0.884. The molecule has 0 atom stereocenters. The molecule has 4 heteroatoms. The van der Waals surface area contributed by atoms with Crippen LogP contribution in [0.3, 0.4) is 0 Å². The largest absolute Gasteiger partial charge is 0.486 e. The molecule has 0 spiro atoms. The number of benzene rings is 1. The molecule has 19 heavy (non-hydrogen) atoms. The van der Waals surface area contributed by atoms with Crippen LogP contribution in [0.5, 0.6) is 5.75 Å². The van der Waals surface area contributed by atoms with Crippen molar-refractivity contribution in [2.45, 2.75) is 20.1 Å². The van der Waals surface area contributed by atoms with E-state index in [1.807, 2.05) is 24.3 Å². The molecule has 0 aliphatic rings. The molecule has 1 N–H and O–H groups in total. The van der Waals surface area contributed by atoms with E-state index in [2.05, 4.69) is 45.3 Å². The van der Waals surface area contributed by atoms with E-state index in [0.717, 1.165) is 29.0 Å². The van der Waals surface area contributed by atoms with Gasteiger partial charge in [-0.2, -0.15) is 0 Å². The molecule has 2 rings (SSSR count). The number of nitrogens with zero attached hydrogens (tertiary/aromatic N) is 1. The molecule has 0 saturated carbocycles. The van der Waals surface area contributed by atoms with Gasteiger partial charge in [0.15, 0.2) is 0 Å². The molecule has 0 saturated heterocycles. The van der Waals surface area contributed by atoms with Crippen molar-refractivity contribution in [1.82, 2.24) is 10.3 Å². The van der Waals surface area contributed by atoms with Crippen molar-refractivity contribution in [3.05, 3.63) is 58.3 Å². The van der Waals surface area contributed by atoms with E-state index >= 15 is 0 Å². The van der Waals surface area contributed by atoms with Crippen molar-refractivity contribution in [2.75, 3.05) is 6.54 Å². The molecule has 0 amide bonds. The van der Waals surface area contributed by atoms with E-state index in [1.54, 1.807) is 6.20 Å². The first-order valence-electron chi connectivity index (χ1n) is 6.31. The third-order valence-corrected chi connectivity index (χ3v) is 3.30. The third kappa shape index (κ3) is 4.33. The number of hydrogen-bond acceptors (Lipinski definition) is 3. The Balaban J connectivity index is 1.97. The summed E-state index contributed by atoms with van der Waals surface area (Å²) in [6, 6.07) is 11.9. The number of rotatable bonds is 6. The van der Waals surface area contributed by atoms with Gasteiger partial charge >= 0.3 is 0 Å². The van der Waals surface area contributed by atoms with Gasteiger partial charge in [0.2, 0.25) is 0 Å². The number of nitrogens with one attached hydrogen (secondary N) is 1. The van der Waals surface area contributed by atoms with Gasteiger partial charge in [0.05, 0.1) is 10.2 Å². The summed E-state index contributed by atoms with van der Waals surface area (Å²) in [7, 11) is 0. The van der Waals surface area contributed by atoms with E-state index in [1.165, 1.54) is 5.56 Å². The number of hydrogen-bond donors (Lipinski definition) is 1. The van der Waals surface area contributed by atoms with E-state index in [-0.39, 0.29) is 0 Å². The summed E-state index contributed by atoms with van der Waals surface area (Å²) in [6.45, 7) is 4.41. The standard InChI is InChI=1S/C15H17BrN2O/c1-2-17-10-12-6-7-15(14(16)9-12)19-11-13-5-3-4-8-18-13/h3-9,17H,2,10-11H2,1H3. The van der Waals surface area contributed by atoms with Gasteiger partial charge in [-0.3, -0.25) is 4.98 Å². The van der Waals surface area contributed by atoms with Crippen molar-refractivity contribution < 1.29 is 4.74 Å². The maximum absolute atomic E-state index is 5.75. The maximum Gasteiger partial charge on any atom is 0.134 e. The Morgan fingerprint density at radius 3 is 2.84 bits per heavy atom. The normalized spacial score (nSPS) is 10.4. The van der Waals surface area contributed by atoms with Crippen LogP contribution >= 0.6 is 15.9 Å². The van der Waals surface area contributed by atoms with E-state index < -0.39 is 0 Å². The minimum Gasteiger partial charge on any atom is -0.486 e. The second-order valence-electron chi connectivity index (χ2n) is 4.15. The smallest absolute Gasteiger partial charge is 0.134 e. The molecule has 1 aromatic heterocycles. The lowest BCUT2D eigenvalue weighted by atomic mass is 10.2. The second kappa shape index (κ2) is 7.26. The van der Waals surface area contributed by atoms with Gasteiger partial charge in [-0.05, 0) is 52.3 Å². The van der Waals surface area contributed by atoms with Gasteiger partial charge < -0.3 is 10.1 Å². The molecule has 0 fully saturated rings. The molecular formula is C15H17BrN2O. The summed E-state index contributed by atoms with van der Waals surface area (Å²) in [4.78, 5) is 4.23. The molecule has 1 aromatic carbocycles. The third-order valence-electron chi connectivity index (χ3n) is 2.68. The van der Waals surface area contributed by atoms with Crippen LogP contribution < -0.4 is 10.1 Å². The highest BCUT2D eigenvalue weighted by molar-refractivity contribution is 9.10. The van der Waals surface area contributed by atoms with Gasteiger partial charge in [-0.1, -0.05) is 19.1 Å². The average Bonchev–Trinajstić information content (AvgIpc) is 2.45. The van der Waals surface area contributed by atoms with Crippen LogP contribution in [0.15, 0.2) is 47.1 Å². The second-order valence-corrected chi connectivity index (χ2v) is 5.01. The molecule has 0 unspecified atom stereocenters. The van der Waals surface area contributed by atoms with Crippen LogP contribution in [-0.2, 0) is 13.2 Å². The van der Waals surface area contributed by atoms with Crippen LogP contribution in [0.4, 0.5) is 0 Å². The molecule has 0 aliphatic heterocycles. The van der Waals surface area contributed by atoms with Crippen LogP contribution in [-0.4, -0.2) is 11.5 Å². The van der Waals surface area contributed by atoms with Crippen molar-refractivity contribution in [3.63, 3.8) is 0 Å². The van der Waals surface area contributed by atoms with Crippen LogP contribution in [0.25, 0.3) is 0 Å². The molecule has 0 bridgehead atoms. The highest BCUT2D eigenvalue weighted by Gasteiger charge is 2.03. The fourth-order valence-corrected chi connectivity index (χ4v) is 2.22. The predicted molar refractivity (Wildman–Crippen MR) is 80.1 cm³/mol. The fourth-order valence-electron chi connectivity index (χ4n) is 1.68. The molecule has 2 aromatic rings. The lowest BCUT2D eigenvalue weighted by Gasteiger charge is -2.09. The van der Waals surface area contributed by atoms with Crippen molar-refractivity contribution in [2.24, 2.45) is 0 Å². The topological polar surface area (TPSA) is 34.1 Å². The Labute approximate surface area is 122 Å². The lowest BCUT2D eigenvalue weighted by Crippen LogP contribution is -2.11. The molecule has 100 valence electrons. The molecule has 0 radical (unpaired) electrons. The highest BCUT2D eigenvalue weighted by Crippen LogP contribution is 2.26. The summed E-state index contributed by atoms with van der Waals surface area (Å²) in [5.41, 5.74) is 2.16. The Morgan fingerprint density at radius 2 is 2.16 bits per heavy atom. The molecule has 3 nitrogen and oxygen atoms in total. The van der Waals surface area contributed by atoms with Gasteiger partial charge in [0.1, 0.15) is 12.4 Å².